The number of nitrogens with zero attached hydrogens (tertiary/aromatic N) is 1. The Balaban J connectivity index is -0.0000000492. The Labute approximate surface area is 108 Å². The number of aliphatic carboxylic acids is 3. The van der Waals surface area contributed by atoms with E-state index < -0.39 is 17.9 Å². The second-order valence-corrected chi connectivity index (χ2v) is 1.18. The standard InChI is InChI=1S/3C2H3O2.Ce.N/c3*1-2(3)4;;/h3*1H2,(H,3,4);;/q3*-1;;. The van der Waals surface area contributed by atoms with Crippen LogP contribution in [0.3, 0.4) is 0 Å². The van der Waals surface area contributed by atoms with Gasteiger partial charge in [-0.3, -0.25) is 35.2 Å². The predicted octanol–water partition coefficient (Wildman–Crippen LogP) is -0.270. The maximum atomic E-state index is 8.89. The molecule has 0 rings (SSSR count). The van der Waals surface area contributed by atoms with Crippen molar-refractivity contribution in [1.82, 2.24) is 0 Å². The number of rotatable bonds is 0. The van der Waals surface area contributed by atoms with Gasteiger partial charge in [-0.15, -0.1) is 0 Å². The Morgan fingerprint density at radius 2 is 0.786 bits per heavy atom. The molecule has 81 valence electrons. The molecule has 0 atom stereocenters. The Kier molecular flexibility index (Phi) is 37.6. The Morgan fingerprint density at radius 3 is 0.786 bits per heavy atom. The number of hydrogen-bond acceptors (Lipinski definition) is 4. The minimum absolute atomic E-state index is 0.306. The fourth-order valence-corrected chi connectivity index (χ4v) is 0. The topological polar surface area (TPSA) is 136 Å². The van der Waals surface area contributed by atoms with Crippen molar-refractivity contribution in [2.75, 3.05) is 0 Å². The van der Waals surface area contributed by atoms with Crippen molar-refractivity contribution in [3.63, 3.8) is 0 Å². The van der Waals surface area contributed by atoms with Crippen molar-refractivity contribution >= 4 is 17.9 Å². The fraction of sp³-hybridized carbons (Fsp3) is 0. The first-order valence-electron chi connectivity index (χ1n) is 2.57. The first-order chi connectivity index (χ1) is 6.20. The van der Waals surface area contributed by atoms with Crippen molar-refractivity contribution < 1.29 is 69.0 Å². The molecule has 7 nitrogen and oxygen atoms in total. The van der Waals surface area contributed by atoms with Crippen LogP contribution in [0.5, 0.6) is 0 Å². The second-order valence-electron chi connectivity index (χ2n) is 1.18. The molecule has 3 N–H and O–H groups in total. The van der Waals surface area contributed by atoms with Crippen LogP contribution in [-0.2, 0) is 14.4 Å². The normalized spacial score (nSPS) is 5.50. The van der Waals surface area contributed by atoms with E-state index >= 15 is 0 Å². The molecule has 0 unspecified atom stereocenters. The van der Waals surface area contributed by atoms with Crippen molar-refractivity contribution in [3.8, 4) is 0 Å². The summed E-state index contributed by atoms with van der Waals surface area (Å²) >= 11 is 0.306. The third kappa shape index (κ3) is 1420. The molecule has 0 aromatic heterocycles. The van der Waals surface area contributed by atoms with Gasteiger partial charge in [-0.25, -0.2) is 0 Å². The Bertz CT molecular complexity index is 149. The first-order valence-corrected chi connectivity index (χ1v) is 3.97. The van der Waals surface area contributed by atoms with E-state index in [1.54, 1.807) is 0 Å². The Morgan fingerprint density at radius 1 is 0.786 bits per heavy atom. The molecule has 0 bridgehead atoms. The van der Waals surface area contributed by atoms with Crippen LogP contribution in [0.2, 0.25) is 0 Å². The fourth-order valence-electron chi connectivity index (χ4n) is 0. The second kappa shape index (κ2) is 22.7. The molecule has 0 amide bonds. The summed E-state index contributed by atoms with van der Waals surface area (Å²) in [6.07, 6.45) is 0. The van der Waals surface area contributed by atoms with Crippen molar-refractivity contribution in [2.45, 2.75) is 0 Å². The Hall–Kier alpha value is -0.893. The molecule has 0 saturated carbocycles. The SMILES string of the molecule is [CH2-]C(=O)O.[CH2-]C(=O)O.[CH2-]C(=O)O.[N]#[Ce]. The number of carboxylic acids is 3. The molecule has 0 fully saturated rings. The third-order valence-corrected chi connectivity index (χ3v) is 0. The summed E-state index contributed by atoms with van der Waals surface area (Å²) in [6.45, 7) is 7.67. The van der Waals surface area contributed by atoms with Crippen LogP contribution in [0.4, 0.5) is 0 Å². The molecule has 0 aliphatic heterocycles. The van der Waals surface area contributed by atoms with Crippen LogP contribution < -0.4 is 0 Å². The van der Waals surface area contributed by atoms with E-state index in [0.29, 0.717) is 39.3 Å². The summed E-state index contributed by atoms with van der Waals surface area (Å²) in [5.41, 5.74) is 0. The molecule has 0 aromatic rings. The van der Waals surface area contributed by atoms with Gasteiger partial charge in [-0.2, -0.15) is 0 Å². The molecule has 8 heteroatoms. The van der Waals surface area contributed by atoms with Gasteiger partial charge < -0.3 is 15.3 Å². The van der Waals surface area contributed by atoms with E-state index in [4.69, 9.17) is 30.8 Å². The minimum atomic E-state index is -1.08. The zero-order valence-corrected chi connectivity index (χ0v) is 10.3. The zero-order chi connectivity index (χ0) is 12.7. The van der Waals surface area contributed by atoms with Crippen molar-refractivity contribution in [2.24, 2.45) is 0 Å². The molecule has 0 heterocycles. The van der Waals surface area contributed by atoms with Crippen LogP contribution in [0.25, 0.3) is 0 Å². The average molecular weight is 331 g/mol. The van der Waals surface area contributed by atoms with E-state index in [1.807, 2.05) is 0 Å². The van der Waals surface area contributed by atoms with Gasteiger partial charge in [0.25, 0.3) is 0 Å². The molecule has 0 spiro atoms. The molecule has 0 radical (unpaired) electrons. The molecule has 0 aliphatic rings. The first kappa shape index (κ1) is 23.2. The van der Waals surface area contributed by atoms with Gasteiger partial charge in [-0.05, 0) is 0 Å². The van der Waals surface area contributed by atoms with E-state index in [1.165, 1.54) is 0 Å². The quantitative estimate of drug-likeness (QED) is 0.520. The molecule has 0 aromatic carbocycles. The van der Waals surface area contributed by atoms with E-state index in [9.17, 15) is 0 Å². The van der Waals surface area contributed by atoms with Crippen LogP contribution in [-0.4, -0.2) is 33.2 Å². The zero-order valence-electron chi connectivity index (χ0n) is 7.13. The van der Waals surface area contributed by atoms with Crippen LogP contribution in [0.15, 0.2) is 0 Å². The van der Waals surface area contributed by atoms with Gasteiger partial charge in [0.15, 0.2) is 17.9 Å². The molecular weight excluding hydrogens is 322 g/mol. The van der Waals surface area contributed by atoms with Crippen molar-refractivity contribution in [1.29, 1.82) is 1.09 Å². The van der Waals surface area contributed by atoms with Crippen LogP contribution >= 0.6 is 0 Å². The van der Waals surface area contributed by atoms with Gasteiger partial charge in [-0.1, -0.05) is 0 Å². The summed E-state index contributed by atoms with van der Waals surface area (Å²) in [5, 5.41) is 21.9. The van der Waals surface area contributed by atoms with Gasteiger partial charge in [0.05, 0.1) is 0 Å². The summed E-state index contributed by atoms with van der Waals surface area (Å²) in [4.78, 5) is 26.7. The van der Waals surface area contributed by atoms with Crippen LogP contribution in [0.1, 0.15) is 0 Å². The van der Waals surface area contributed by atoms with E-state index in [-0.39, 0.29) is 0 Å². The molecule has 0 saturated heterocycles. The van der Waals surface area contributed by atoms with Gasteiger partial charge in [0, 0.05) is 0 Å². The van der Waals surface area contributed by atoms with E-state index in [2.05, 4.69) is 20.8 Å². The van der Waals surface area contributed by atoms with Crippen molar-refractivity contribution in [3.05, 3.63) is 20.8 Å². The number of hydrogen-bond donors (Lipinski definition) is 3. The molecule has 0 aliphatic carbocycles. The summed E-state index contributed by atoms with van der Waals surface area (Å²) in [6, 6.07) is 0. The van der Waals surface area contributed by atoms with Crippen LogP contribution in [0, 0.1) is 61.2 Å². The van der Waals surface area contributed by atoms with Gasteiger partial charge >= 0.3 is 40.4 Å². The summed E-state index contributed by atoms with van der Waals surface area (Å²) < 4.78 is 7.14. The van der Waals surface area contributed by atoms with E-state index in [0.717, 1.165) is 0 Å². The molecular formula is C6H9CeNO6-3. The predicted molar refractivity (Wildman–Crippen MR) is 40.7 cm³/mol. The van der Waals surface area contributed by atoms with Gasteiger partial charge in [0.1, 0.15) is 0 Å². The maximum absolute atomic E-state index is 8.89. The number of carboxylic acid groups (broad SMARTS) is 3. The summed E-state index contributed by atoms with van der Waals surface area (Å²) in [7, 11) is 0. The third-order valence-electron chi connectivity index (χ3n) is 0. The van der Waals surface area contributed by atoms with Gasteiger partial charge in [0.2, 0.25) is 0 Å². The summed E-state index contributed by atoms with van der Waals surface area (Å²) in [5.74, 6) is -3.25. The number of carbonyl (C=O) groups is 3. The monoisotopic (exact) mass is 331 g/mol. The average Bonchev–Trinajstić information content (AvgIpc) is 1.86. The molecule has 14 heavy (non-hydrogen) atoms.